The summed E-state index contributed by atoms with van der Waals surface area (Å²) in [7, 11) is 0. The van der Waals surface area contributed by atoms with Gasteiger partial charge in [-0.05, 0) is 68.3 Å². The molecule has 2 heteroatoms. The van der Waals surface area contributed by atoms with E-state index < -0.39 is 0 Å². The Morgan fingerprint density at radius 2 is 2.00 bits per heavy atom. The van der Waals surface area contributed by atoms with Crippen LogP contribution in [0, 0.1) is 12.8 Å². The molecule has 0 radical (unpaired) electrons. The van der Waals surface area contributed by atoms with E-state index in [0.29, 0.717) is 5.92 Å². The molecule has 0 aromatic heterocycles. The largest absolute Gasteiger partial charge is 0.316 e. The van der Waals surface area contributed by atoms with E-state index in [1.807, 2.05) is 0 Å². The van der Waals surface area contributed by atoms with Gasteiger partial charge in [0.2, 0.25) is 0 Å². The zero-order valence-corrected chi connectivity index (χ0v) is 13.7. The Bertz CT molecular complexity index is 416. The van der Waals surface area contributed by atoms with Crippen molar-refractivity contribution in [2.24, 2.45) is 5.92 Å². The molecule has 2 unspecified atom stereocenters. The molecular formula is C18H28ClN. The monoisotopic (exact) mass is 293 g/mol. The molecule has 1 fully saturated rings. The minimum Gasteiger partial charge on any atom is -0.316 e. The van der Waals surface area contributed by atoms with Gasteiger partial charge in [-0.25, -0.2) is 0 Å². The summed E-state index contributed by atoms with van der Waals surface area (Å²) in [4.78, 5) is 0. The van der Waals surface area contributed by atoms with E-state index in [1.54, 1.807) is 0 Å². The van der Waals surface area contributed by atoms with Gasteiger partial charge in [-0.1, -0.05) is 49.9 Å². The first kappa shape index (κ1) is 15.9. The van der Waals surface area contributed by atoms with Crippen molar-refractivity contribution in [1.29, 1.82) is 0 Å². The van der Waals surface area contributed by atoms with Crippen LogP contribution in [0.2, 0.25) is 5.02 Å². The summed E-state index contributed by atoms with van der Waals surface area (Å²) in [6.45, 7) is 6.61. The molecule has 0 amide bonds. The summed E-state index contributed by atoms with van der Waals surface area (Å²) in [5.74, 6) is 1.45. The number of aryl methyl sites for hydroxylation is 1. The van der Waals surface area contributed by atoms with Crippen LogP contribution < -0.4 is 5.32 Å². The van der Waals surface area contributed by atoms with Crippen molar-refractivity contribution in [3.05, 3.63) is 34.3 Å². The highest BCUT2D eigenvalue weighted by Crippen LogP contribution is 2.37. The van der Waals surface area contributed by atoms with Gasteiger partial charge < -0.3 is 5.32 Å². The zero-order chi connectivity index (χ0) is 14.4. The van der Waals surface area contributed by atoms with E-state index in [1.165, 1.54) is 49.7 Å². The predicted octanol–water partition coefficient (Wildman–Crippen LogP) is 5.31. The van der Waals surface area contributed by atoms with Gasteiger partial charge in [0.05, 0.1) is 0 Å². The maximum absolute atomic E-state index is 6.33. The van der Waals surface area contributed by atoms with Gasteiger partial charge in [0, 0.05) is 5.02 Å². The minimum absolute atomic E-state index is 0.681. The molecule has 2 atom stereocenters. The lowest BCUT2D eigenvalue weighted by Gasteiger charge is -2.26. The van der Waals surface area contributed by atoms with Gasteiger partial charge in [0.1, 0.15) is 0 Å². The van der Waals surface area contributed by atoms with Crippen LogP contribution in [0.15, 0.2) is 18.2 Å². The number of hydrogen-bond donors (Lipinski definition) is 1. The molecule has 0 bridgehead atoms. The Hall–Kier alpha value is -0.530. The van der Waals surface area contributed by atoms with Crippen LogP contribution in [-0.2, 0) is 0 Å². The summed E-state index contributed by atoms with van der Waals surface area (Å²) < 4.78 is 0. The first-order chi connectivity index (χ1) is 9.72. The lowest BCUT2D eigenvalue weighted by Crippen LogP contribution is -2.27. The van der Waals surface area contributed by atoms with Crippen LogP contribution in [-0.4, -0.2) is 13.1 Å². The molecule has 0 saturated heterocycles. The van der Waals surface area contributed by atoms with Crippen LogP contribution in [0.25, 0.3) is 0 Å². The van der Waals surface area contributed by atoms with Gasteiger partial charge in [-0.15, -0.1) is 0 Å². The van der Waals surface area contributed by atoms with E-state index in [-0.39, 0.29) is 0 Å². The highest BCUT2D eigenvalue weighted by molar-refractivity contribution is 6.31. The van der Waals surface area contributed by atoms with Crippen molar-refractivity contribution in [3.8, 4) is 0 Å². The Labute approximate surface area is 129 Å². The quantitative estimate of drug-likeness (QED) is 0.573. The van der Waals surface area contributed by atoms with E-state index in [9.17, 15) is 0 Å². The molecule has 1 aromatic carbocycles. The summed E-state index contributed by atoms with van der Waals surface area (Å²) in [5.41, 5.74) is 2.63. The maximum atomic E-state index is 6.33. The van der Waals surface area contributed by atoms with E-state index >= 15 is 0 Å². The molecule has 2 rings (SSSR count). The van der Waals surface area contributed by atoms with Gasteiger partial charge >= 0.3 is 0 Å². The van der Waals surface area contributed by atoms with E-state index in [2.05, 4.69) is 37.4 Å². The molecule has 1 aliphatic carbocycles. The van der Waals surface area contributed by atoms with Crippen molar-refractivity contribution < 1.29 is 0 Å². The zero-order valence-electron chi connectivity index (χ0n) is 12.9. The first-order valence-electron chi connectivity index (χ1n) is 8.19. The smallest absolute Gasteiger partial charge is 0.0438 e. The summed E-state index contributed by atoms with van der Waals surface area (Å²) in [6.07, 6.45) is 8.02. The molecule has 20 heavy (non-hydrogen) atoms. The van der Waals surface area contributed by atoms with Crippen molar-refractivity contribution in [3.63, 3.8) is 0 Å². The second-order valence-corrected chi connectivity index (χ2v) is 6.62. The van der Waals surface area contributed by atoms with Crippen molar-refractivity contribution in [1.82, 2.24) is 5.32 Å². The van der Waals surface area contributed by atoms with Crippen LogP contribution in [0.4, 0.5) is 0 Å². The van der Waals surface area contributed by atoms with E-state index in [4.69, 9.17) is 11.6 Å². The highest BCUT2D eigenvalue weighted by atomic mass is 35.5. The molecule has 1 saturated carbocycles. The van der Waals surface area contributed by atoms with Crippen molar-refractivity contribution >= 4 is 11.6 Å². The highest BCUT2D eigenvalue weighted by Gasteiger charge is 2.25. The third kappa shape index (κ3) is 4.23. The van der Waals surface area contributed by atoms with Gasteiger partial charge in [0.25, 0.3) is 0 Å². The molecule has 0 heterocycles. The lowest BCUT2D eigenvalue weighted by molar-refractivity contribution is 0.376. The molecule has 1 aromatic rings. The molecule has 0 spiro atoms. The number of nitrogens with one attached hydrogen (secondary N) is 1. The number of rotatable bonds is 5. The molecule has 1 aliphatic rings. The third-order valence-electron chi connectivity index (χ3n) is 4.62. The Kier molecular flexibility index (Phi) is 6.38. The van der Waals surface area contributed by atoms with Crippen LogP contribution in [0.5, 0.6) is 0 Å². The summed E-state index contributed by atoms with van der Waals surface area (Å²) in [5, 5.41) is 4.55. The number of hydrogen-bond acceptors (Lipinski definition) is 1. The van der Waals surface area contributed by atoms with Gasteiger partial charge in [-0.2, -0.15) is 0 Å². The standard InChI is InChI=1S/C18H28ClN/c1-3-11-20-13-16-7-5-4-6-8-17(16)15-10-9-14(2)18(19)12-15/h9-10,12,16-17,20H,3-8,11,13H2,1-2H3. The lowest BCUT2D eigenvalue weighted by atomic mass is 9.82. The Balaban J connectivity index is 2.12. The molecule has 1 N–H and O–H groups in total. The molecule has 0 aliphatic heterocycles. The summed E-state index contributed by atoms with van der Waals surface area (Å²) in [6, 6.07) is 6.68. The van der Waals surface area contributed by atoms with Gasteiger partial charge in [0.15, 0.2) is 0 Å². The van der Waals surface area contributed by atoms with Crippen LogP contribution in [0.1, 0.15) is 62.5 Å². The van der Waals surface area contributed by atoms with Crippen LogP contribution >= 0.6 is 11.6 Å². The normalized spacial score (nSPS) is 23.6. The average molecular weight is 294 g/mol. The average Bonchev–Trinajstić information content (AvgIpc) is 2.68. The topological polar surface area (TPSA) is 12.0 Å². The SMILES string of the molecule is CCCNCC1CCCCCC1c1ccc(C)c(Cl)c1. The van der Waals surface area contributed by atoms with E-state index in [0.717, 1.165) is 24.0 Å². The summed E-state index contributed by atoms with van der Waals surface area (Å²) >= 11 is 6.33. The fraction of sp³-hybridized carbons (Fsp3) is 0.667. The molecular weight excluding hydrogens is 266 g/mol. The second-order valence-electron chi connectivity index (χ2n) is 6.22. The first-order valence-corrected chi connectivity index (χ1v) is 8.57. The molecule has 1 nitrogen and oxygen atoms in total. The molecule has 112 valence electrons. The fourth-order valence-electron chi connectivity index (χ4n) is 3.37. The Morgan fingerprint density at radius 3 is 2.75 bits per heavy atom. The van der Waals surface area contributed by atoms with Crippen molar-refractivity contribution in [2.45, 2.75) is 58.3 Å². The number of benzene rings is 1. The second kappa shape index (κ2) is 8.05. The fourth-order valence-corrected chi connectivity index (χ4v) is 3.56. The minimum atomic E-state index is 0.681. The van der Waals surface area contributed by atoms with Crippen LogP contribution in [0.3, 0.4) is 0 Å². The predicted molar refractivity (Wildman–Crippen MR) is 88.7 cm³/mol. The van der Waals surface area contributed by atoms with Crippen molar-refractivity contribution in [2.75, 3.05) is 13.1 Å². The maximum Gasteiger partial charge on any atom is 0.0438 e. The Morgan fingerprint density at radius 1 is 1.20 bits per heavy atom. The van der Waals surface area contributed by atoms with Gasteiger partial charge in [-0.3, -0.25) is 0 Å². The number of halogens is 1. The third-order valence-corrected chi connectivity index (χ3v) is 5.02.